The van der Waals surface area contributed by atoms with Gasteiger partial charge >= 0.3 is 0 Å². The summed E-state index contributed by atoms with van der Waals surface area (Å²) in [5, 5.41) is 1.07. The molecule has 2 aromatic carbocycles. The number of hydrogen-bond acceptors (Lipinski definition) is 6. The molecular weight excluding hydrogens is 414 g/mol. The minimum atomic E-state index is 0.242. The first-order chi connectivity index (χ1) is 14.5. The lowest BCUT2D eigenvalue weighted by molar-refractivity contribution is -0.131. The Hall–Kier alpha value is -2.25. The fourth-order valence-corrected chi connectivity index (χ4v) is 5.47. The van der Waals surface area contributed by atoms with E-state index in [4.69, 9.17) is 9.72 Å². The maximum absolute atomic E-state index is 12.6. The van der Waals surface area contributed by atoms with Gasteiger partial charge in [-0.1, -0.05) is 11.3 Å². The van der Waals surface area contributed by atoms with Gasteiger partial charge in [0.05, 0.1) is 17.3 Å². The SMILES string of the molecule is COc1ccc(SCCC(=O)N2CCN(c3nc4cc(C)c(C)cc4s3)CC2)cc1. The molecule has 4 rings (SSSR count). The Balaban J connectivity index is 1.27. The van der Waals surface area contributed by atoms with Crippen molar-refractivity contribution in [1.29, 1.82) is 0 Å². The standard InChI is InChI=1S/C23H27N3O2S2/c1-16-14-20-21(15-17(16)2)30-23(24-20)26-11-9-25(10-12-26)22(27)8-13-29-19-6-4-18(28-3)5-7-19/h4-7,14-15H,8-13H2,1-3H3. The van der Waals surface area contributed by atoms with Gasteiger partial charge in [-0.05, 0) is 61.4 Å². The maximum atomic E-state index is 12.6. The molecule has 0 N–H and O–H groups in total. The highest BCUT2D eigenvalue weighted by atomic mass is 32.2. The summed E-state index contributed by atoms with van der Waals surface area (Å²) in [5.41, 5.74) is 3.66. The zero-order valence-corrected chi connectivity index (χ0v) is 19.3. The molecule has 2 heterocycles. The number of rotatable bonds is 6. The number of hydrogen-bond donors (Lipinski definition) is 0. The number of carbonyl (C=O) groups excluding carboxylic acids is 1. The third-order valence-electron chi connectivity index (χ3n) is 5.54. The van der Waals surface area contributed by atoms with Gasteiger partial charge in [-0.2, -0.15) is 0 Å². The van der Waals surface area contributed by atoms with Crippen LogP contribution in [0.15, 0.2) is 41.3 Å². The molecule has 158 valence electrons. The number of aromatic nitrogens is 1. The largest absolute Gasteiger partial charge is 0.497 e. The van der Waals surface area contributed by atoms with Crippen molar-refractivity contribution < 1.29 is 9.53 Å². The summed E-state index contributed by atoms with van der Waals surface area (Å²) in [6.07, 6.45) is 0.566. The molecule has 30 heavy (non-hydrogen) atoms. The smallest absolute Gasteiger partial charge is 0.223 e. The van der Waals surface area contributed by atoms with Crippen molar-refractivity contribution in [3.63, 3.8) is 0 Å². The fourth-order valence-electron chi connectivity index (χ4n) is 3.54. The minimum absolute atomic E-state index is 0.242. The molecule has 0 saturated carbocycles. The van der Waals surface area contributed by atoms with Crippen LogP contribution < -0.4 is 9.64 Å². The fraction of sp³-hybridized carbons (Fsp3) is 0.391. The Kier molecular flexibility index (Phi) is 6.49. The molecule has 0 bridgehead atoms. The Labute approximate surface area is 186 Å². The van der Waals surface area contributed by atoms with Crippen molar-refractivity contribution >= 4 is 44.4 Å². The van der Waals surface area contributed by atoms with Crippen LogP contribution in [0.25, 0.3) is 10.2 Å². The van der Waals surface area contributed by atoms with Gasteiger partial charge in [-0.25, -0.2) is 4.98 Å². The Bertz CT molecular complexity index is 986. The van der Waals surface area contributed by atoms with Crippen LogP contribution >= 0.6 is 23.1 Å². The molecule has 1 aliphatic rings. The molecule has 1 aromatic heterocycles. The number of piperazine rings is 1. The van der Waals surface area contributed by atoms with Crippen molar-refractivity contribution in [3.8, 4) is 5.75 Å². The first-order valence-electron chi connectivity index (χ1n) is 10.2. The normalized spacial score (nSPS) is 14.4. The van der Waals surface area contributed by atoms with E-state index in [9.17, 15) is 4.79 Å². The monoisotopic (exact) mass is 441 g/mol. The summed E-state index contributed by atoms with van der Waals surface area (Å²) in [7, 11) is 1.67. The number of thioether (sulfide) groups is 1. The van der Waals surface area contributed by atoms with E-state index in [2.05, 4.69) is 30.9 Å². The van der Waals surface area contributed by atoms with E-state index in [1.165, 1.54) is 15.8 Å². The highest BCUT2D eigenvalue weighted by Crippen LogP contribution is 2.31. The number of carbonyl (C=O) groups is 1. The molecule has 3 aromatic rings. The van der Waals surface area contributed by atoms with Crippen molar-refractivity contribution in [2.24, 2.45) is 0 Å². The lowest BCUT2D eigenvalue weighted by Crippen LogP contribution is -2.48. The van der Waals surface area contributed by atoms with Crippen molar-refractivity contribution in [2.75, 3.05) is 43.9 Å². The van der Waals surface area contributed by atoms with Gasteiger partial charge < -0.3 is 14.5 Å². The summed E-state index contributed by atoms with van der Waals surface area (Å²) in [6, 6.07) is 12.4. The van der Waals surface area contributed by atoms with Crippen LogP contribution in [0.1, 0.15) is 17.5 Å². The van der Waals surface area contributed by atoms with Crippen LogP contribution in [0, 0.1) is 13.8 Å². The van der Waals surface area contributed by atoms with E-state index in [1.807, 2.05) is 29.2 Å². The molecule has 0 radical (unpaired) electrons. The number of fused-ring (bicyclic) bond motifs is 1. The van der Waals surface area contributed by atoms with Crippen molar-refractivity contribution in [2.45, 2.75) is 25.2 Å². The first kappa shape index (κ1) is 21.0. The van der Waals surface area contributed by atoms with Gasteiger partial charge in [0.2, 0.25) is 5.91 Å². The second kappa shape index (κ2) is 9.27. The van der Waals surface area contributed by atoms with E-state index < -0.39 is 0 Å². The zero-order chi connectivity index (χ0) is 21.1. The highest BCUT2D eigenvalue weighted by Gasteiger charge is 2.23. The third-order valence-corrected chi connectivity index (χ3v) is 7.63. The number of benzene rings is 2. The lowest BCUT2D eigenvalue weighted by atomic mass is 10.1. The van der Waals surface area contributed by atoms with Gasteiger partial charge in [0, 0.05) is 43.2 Å². The molecule has 0 spiro atoms. The Morgan fingerprint density at radius 2 is 1.80 bits per heavy atom. The predicted octanol–water partition coefficient (Wildman–Crippen LogP) is 4.75. The third kappa shape index (κ3) is 4.73. The summed E-state index contributed by atoms with van der Waals surface area (Å²) in [5.74, 6) is 1.89. The topological polar surface area (TPSA) is 45.7 Å². The number of amides is 1. The van der Waals surface area contributed by atoms with Gasteiger partial charge in [-0.3, -0.25) is 4.79 Å². The van der Waals surface area contributed by atoms with Gasteiger partial charge in [0.25, 0.3) is 0 Å². The molecule has 1 fully saturated rings. The van der Waals surface area contributed by atoms with E-state index >= 15 is 0 Å². The van der Waals surface area contributed by atoms with Crippen LogP contribution in [0.2, 0.25) is 0 Å². The van der Waals surface area contributed by atoms with E-state index in [0.717, 1.165) is 53.2 Å². The van der Waals surface area contributed by atoms with Gasteiger partial charge in [-0.15, -0.1) is 11.8 Å². The van der Waals surface area contributed by atoms with Gasteiger partial charge in [0.1, 0.15) is 5.75 Å². The second-order valence-electron chi connectivity index (χ2n) is 7.54. The molecule has 1 amide bonds. The molecule has 1 aliphatic heterocycles. The molecule has 5 nitrogen and oxygen atoms in total. The van der Waals surface area contributed by atoms with Gasteiger partial charge in [0.15, 0.2) is 5.13 Å². The number of anilines is 1. The van der Waals surface area contributed by atoms with Crippen LogP contribution in [0.4, 0.5) is 5.13 Å². The molecular formula is C23H27N3O2S2. The predicted molar refractivity (Wildman–Crippen MR) is 126 cm³/mol. The minimum Gasteiger partial charge on any atom is -0.497 e. The number of thiazole rings is 1. The molecule has 7 heteroatoms. The van der Waals surface area contributed by atoms with E-state index in [1.54, 1.807) is 30.2 Å². The van der Waals surface area contributed by atoms with Crippen molar-refractivity contribution in [1.82, 2.24) is 9.88 Å². The highest BCUT2D eigenvalue weighted by molar-refractivity contribution is 7.99. The average molecular weight is 442 g/mol. The molecule has 0 atom stereocenters. The van der Waals surface area contributed by atoms with Crippen LogP contribution in [-0.2, 0) is 4.79 Å². The summed E-state index contributed by atoms with van der Waals surface area (Å²) in [4.78, 5) is 22.9. The van der Waals surface area contributed by atoms with Crippen LogP contribution in [0.3, 0.4) is 0 Å². The van der Waals surface area contributed by atoms with E-state index in [-0.39, 0.29) is 5.91 Å². The molecule has 0 aliphatic carbocycles. The summed E-state index contributed by atoms with van der Waals surface area (Å²) in [6.45, 7) is 7.49. The van der Waals surface area contributed by atoms with E-state index in [0.29, 0.717) is 6.42 Å². The second-order valence-corrected chi connectivity index (χ2v) is 9.72. The number of methoxy groups -OCH3 is 1. The Morgan fingerprint density at radius 3 is 2.50 bits per heavy atom. The first-order valence-corrected chi connectivity index (χ1v) is 12.0. The van der Waals surface area contributed by atoms with Crippen LogP contribution in [-0.4, -0.2) is 54.8 Å². The molecule has 0 unspecified atom stereocenters. The number of nitrogens with zero attached hydrogens (tertiary/aromatic N) is 3. The van der Waals surface area contributed by atoms with Crippen LogP contribution in [0.5, 0.6) is 5.75 Å². The average Bonchev–Trinajstić information content (AvgIpc) is 3.17. The van der Waals surface area contributed by atoms with Crippen molar-refractivity contribution in [3.05, 3.63) is 47.5 Å². The lowest BCUT2D eigenvalue weighted by Gasteiger charge is -2.34. The summed E-state index contributed by atoms with van der Waals surface area (Å²) < 4.78 is 6.42. The maximum Gasteiger partial charge on any atom is 0.223 e. The quantitative estimate of drug-likeness (QED) is 0.517. The summed E-state index contributed by atoms with van der Waals surface area (Å²) >= 11 is 3.46. The number of aryl methyl sites for hydroxylation is 2. The number of ether oxygens (including phenoxy) is 1. The zero-order valence-electron chi connectivity index (χ0n) is 17.7. The Morgan fingerprint density at radius 1 is 1.10 bits per heavy atom. The molecule has 1 saturated heterocycles.